The Balaban J connectivity index is 1.80. The van der Waals surface area contributed by atoms with Crippen LogP contribution in [0.5, 0.6) is 0 Å². The summed E-state index contributed by atoms with van der Waals surface area (Å²) in [5.41, 5.74) is 2.98. The third-order valence-electron chi connectivity index (χ3n) is 4.17. The van der Waals surface area contributed by atoms with Crippen molar-refractivity contribution in [2.24, 2.45) is 0 Å². The van der Waals surface area contributed by atoms with Crippen LogP contribution in [0.15, 0.2) is 46.9 Å². The van der Waals surface area contributed by atoms with Crippen LogP contribution in [0.4, 0.5) is 5.69 Å². The van der Waals surface area contributed by atoms with Crippen LogP contribution in [0, 0.1) is 20.8 Å². The lowest BCUT2D eigenvalue weighted by Crippen LogP contribution is -2.23. The van der Waals surface area contributed by atoms with E-state index in [4.69, 9.17) is 0 Å². The quantitative estimate of drug-likeness (QED) is 0.381. The minimum atomic E-state index is -0.134. The van der Waals surface area contributed by atoms with Crippen LogP contribution in [0.2, 0.25) is 0 Å². The van der Waals surface area contributed by atoms with Gasteiger partial charge in [-0.15, -0.1) is 17.9 Å². The molecule has 140 valence electrons. The van der Waals surface area contributed by atoms with Crippen LogP contribution in [0.1, 0.15) is 16.0 Å². The predicted molar refractivity (Wildman–Crippen MR) is 114 cm³/mol. The van der Waals surface area contributed by atoms with Gasteiger partial charge in [0, 0.05) is 17.1 Å². The van der Waals surface area contributed by atoms with Crippen molar-refractivity contribution in [1.82, 2.24) is 9.55 Å². The van der Waals surface area contributed by atoms with Gasteiger partial charge in [0.05, 0.1) is 11.1 Å². The number of thioether (sulfide) groups is 1. The number of carbonyl (C=O) groups excluding carboxylic acids is 1. The molecular formula is C20H21N3O2S2. The fraction of sp³-hybridized carbons (Fsp3) is 0.250. The molecule has 0 fully saturated rings. The topological polar surface area (TPSA) is 64.0 Å². The number of thiophene rings is 1. The predicted octanol–water partition coefficient (Wildman–Crippen LogP) is 4.30. The Labute approximate surface area is 166 Å². The highest BCUT2D eigenvalue weighted by atomic mass is 32.2. The average Bonchev–Trinajstić information content (AvgIpc) is 3.00. The van der Waals surface area contributed by atoms with Crippen molar-refractivity contribution in [3.05, 3.63) is 63.3 Å². The second-order valence-corrected chi connectivity index (χ2v) is 8.49. The van der Waals surface area contributed by atoms with Crippen LogP contribution in [0.25, 0.3) is 10.2 Å². The number of amides is 1. The van der Waals surface area contributed by atoms with Gasteiger partial charge >= 0.3 is 0 Å². The number of hydrogen-bond donors (Lipinski definition) is 1. The maximum atomic E-state index is 12.7. The molecule has 2 aromatic heterocycles. The molecule has 3 rings (SSSR count). The molecule has 0 bridgehead atoms. The lowest BCUT2D eigenvalue weighted by molar-refractivity contribution is -0.113. The number of allylic oxidation sites excluding steroid dienone is 1. The van der Waals surface area contributed by atoms with Crippen molar-refractivity contribution in [3.63, 3.8) is 0 Å². The first-order valence-electron chi connectivity index (χ1n) is 8.51. The zero-order valence-electron chi connectivity index (χ0n) is 15.5. The maximum absolute atomic E-state index is 12.7. The molecule has 27 heavy (non-hydrogen) atoms. The summed E-state index contributed by atoms with van der Waals surface area (Å²) < 4.78 is 1.56. The molecule has 0 aliphatic rings. The van der Waals surface area contributed by atoms with E-state index in [-0.39, 0.29) is 17.2 Å². The summed E-state index contributed by atoms with van der Waals surface area (Å²) >= 11 is 2.74. The summed E-state index contributed by atoms with van der Waals surface area (Å²) in [5.74, 6) is 0.0388. The van der Waals surface area contributed by atoms with Gasteiger partial charge in [-0.2, -0.15) is 0 Å². The Hall–Kier alpha value is -2.38. The Morgan fingerprint density at radius 2 is 2.07 bits per heavy atom. The van der Waals surface area contributed by atoms with Crippen LogP contribution in [-0.2, 0) is 11.3 Å². The molecule has 0 spiro atoms. The van der Waals surface area contributed by atoms with Gasteiger partial charge in [0.1, 0.15) is 4.83 Å². The van der Waals surface area contributed by atoms with E-state index in [1.54, 1.807) is 10.6 Å². The summed E-state index contributed by atoms with van der Waals surface area (Å²) in [6.07, 6.45) is 1.66. The highest BCUT2D eigenvalue weighted by molar-refractivity contribution is 7.99. The highest BCUT2D eigenvalue weighted by Crippen LogP contribution is 2.24. The molecule has 7 heteroatoms. The monoisotopic (exact) mass is 399 g/mol. The molecule has 0 atom stereocenters. The fourth-order valence-corrected chi connectivity index (χ4v) is 4.39. The van der Waals surface area contributed by atoms with E-state index in [0.29, 0.717) is 21.9 Å². The van der Waals surface area contributed by atoms with Crippen LogP contribution >= 0.6 is 23.1 Å². The number of carbonyl (C=O) groups is 1. The molecule has 0 unspecified atom stereocenters. The van der Waals surface area contributed by atoms with Crippen molar-refractivity contribution >= 4 is 44.9 Å². The van der Waals surface area contributed by atoms with Crippen molar-refractivity contribution in [1.29, 1.82) is 0 Å². The van der Waals surface area contributed by atoms with E-state index >= 15 is 0 Å². The maximum Gasteiger partial charge on any atom is 0.263 e. The van der Waals surface area contributed by atoms with Gasteiger partial charge in [0.2, 0.25) is 5.91 Å². The Bertz CT molecular complexity index is 1080. The van der Waals surface area contributed by atoms with E-state index in [2.05, 4.69) is 16.9 Å². The lowest BCUT2D eigenvalue weighted by Gasteiger charge is -2.10. The minimum absolute atomic E-state index is 0.0960. The molecule has 1 amide bonds. The van der Waals surface area contributed by atoms with E-state index in [1.807, 2.05) is 45.0 Å². The standard InChI is InChI=1S/C20H21N3O2S2/c1-5-8-23-19(25)16-10-14(4)27-18(16)22-20(23)26-11-17(24)21-15-7-6-12(2)13(3)9-15/h5-7,9-10H,1,8,11H2,2-4H3,(H,21,24). The van der Waals surface area contributed by atoms with Gasteiger partial charge in [0.25, 0.3) is 5.56 Å². The first-order valence-corrected chi connectivity index (χ1v) is 10.3. The van der Waals surface area contributed by atoms with Crippen molar-refractivity contribution in [2.45, 2.75) is 32.5 Å². The first-order chi connectivity index (χ1) is 12.9. The molecule has 0 saturated carbocycles. The first kappa shape index (κ1) is 19.4. The summed E-state index contributed by atoms with van der Waals surface area (Å²) in [7, 11) is 0. The highest BCUT2D eigenvalue weighted by Gasteiger charge is 2.14. The van der Waals surface area contributed by atoms with E-state index in [0.717, 1.165) is 16.1 Å². The number of nitrogens with one attached hydrogen (secondary N) is 1. The summed E-state index contributed by atoms with van der Waals surface area (Å²) in [4.78, 5) is 31.4. The zero-order valence-corrected chi connectivity index (χ0v) is 17.2. The molecular weight excluding hydrogens is 378 g/mol. The Morgan fingerprint density at radius 1 is 1.30 bits per heavy atom. The number of anilines is 1. The summed E-state index contributed by atoms with van der Waals surface area (Å²) in [6, 6.07) is 7.67. The average molecular weight is 400 g/mol. The second kappa shape index (κ2) is 8.10. The molecule has 0 aliphatic heterocycles. The lowest BCUT2D eigenvalue weighted by atomic mass is 10.1. The largest absolute Gasteiger partial charge is 0.325 e. The number of benzene rings is 1. The van der Waals surface area contributed by atoms with E-state index < -0.39 is 0 Å². The van der Waals surface area contributed by atoms with Gasteiger partial charge in [-0.05, 0) is 50.1 Å². The van der Waals surface area contributed by atoms with Gasteiger partial charge < -0.3 is 5.32 Å². The smallest absolute Gasteiger partial charge is 0.263 e. The third kappa shape index (κ3) is 4.31. The minimum Gasteiger partial charge on any atom is -0.325 e. The van der Waals surface area contributed by atoms with Crippen molar-refractivity contribution in [3.8, 4) is 0 Å². The SMILES string of the molecule is C=CCn1c(SCC(=O)Nc2ccc(C)c(C)c2)nc2sc(C)cc2c1=O. The van der Waals surface area contributed by atoms with Gasteiger partial charge in [0.15, 0.2) is 5.16 Å². The molecule has 5 nitrogen and oxygen atoms in total. The number of aryl methyl sites for hydroxylation is 3. The molecule has 2 heterocycles. The number of hydrogen-bond acceptors (Lipinski definition) is 5. The molecule has 3 aromatic rings. The van der Waals surface area contributed by atoms with Crippen molar-refractivity contribution < 1.29 is 4.79 Å². The van der Waals surface area contributed by atoms with Gasteiger partial charge in [-0.1, -0.05) is 23.9 Å². The van der Waals surface area contributed by atoms with Gasteiger partial charge in [-0.25, -0.2) is 4.98 Å². The molecule has 1 aromatic carbocycles. The second-order valence-electron chi connectivity index (χ2n) is 6.31. The van der Waals surface area contributed by atoms with Crippen LogP contribution < -0.4 is 10.9 Å². The number of nitrogens with zero attached hydrogens (tertiary/aromatic N) is 2. The zero-order chi connectivity index (χ0) is 19.6. The number of fused-ring (bicyclic) bond motifs is 1. The molecule has 1 N–H and O–H groups in total. The number of aromatic nitrogens is 2. The normalized spacial score (nSPS) is 10.9. The van der Waals surface area contributed by atoms with Crippen LogP contribution in [0.3, 0.4) is 0 Å². The Morgan fingerprint density at radius 3 is 2.78 bits per heavy atom. The molecule has 0 radical (unpaired) electrons. The van der Waals surface area contributed by atoms with E-state index in [1.165, 1.54) is 28.7 Å². The number of rotatable bonds is 6. The van der Waals surface area contributed by atoms with Crippen molar-refractivity contribution in [2.75, 3.05) is 11.1 Å². The summed E-state index contributed by atoms with van der Waals surface area (Å²) in [5, 5.41) is 4.04. The molecule has 0 saturated heterocycles. The summed E-state index contributed by atoms with van der Waals surface area (Å²) in [6.45, 7) is 10.1. The Kier molecular flexibility index (Phi) is 5.82. The van der Waals surface area contributed by atoms with E-state index in [9.17, 15) is 9.59 Å². The van der Waals surface area contributed by atoms with Gasteiger partial charge in [-0.3, -0.25) is 14.2 Å². The molecule has 0 aliphatic carbocycles. The third-order valence-corrected chi connectivity index (χ3v) is 6.09. The fourth-order valence-electron chi connectivity index (χ4n) is 2.66. The van der Waals surface area contributed by atoms with Crippen LogP contribution in [-0.4, -0.2) is 21.2 Å².